The number of aliphatic hydroxyl groups is 1. The molecule has 2 aliphatic rings. The second-order valence-corrected chi connectivity index (χ2v) is 5.50. The molecule has 2 rings (SSSR count). The van der Waals surface area contributed by atoms with Gasteiger partial charge in [0.05, 0.1) is 6.10 Å². The Kier molecular flexibility index (Phi) is 3.13. The zero-order valence-corrected chi connectivity index (χ0v) is 9.37. The standard InChI is InChI=1S/C12H23NO/c1-8(2)12(14)7-13-11-6-9-3-4-10(11)5-9/h8-14H,3-7H2,1-2H3. The van der Waals surface area contributed by atoms with Crippen molar-refractivity contribution in [1.82, 2.24) is 5.32 Å². The number of hydrogen-bond donors (Lipinski definition) is 2. The molecule has 0 aromatic rings. The van der Waals surface area contributed by atoms with Gasteiger partial charge in [-0.1, -0.05) is 20.3 Å². The predicted molar refractivity (Wildman–Crippen MR) is 58.1 cm³/mol. The molecule has 0 saturated heterocycles. The first kappa shape index (κ1) is 10.4. The Bertz CT molecular complexity index is 193. The topological polar surface area (TPSA) is 32.3 Å². The van der Waals surface area contributed by atoms with Crippen LogP contribution in [-0.2, 0) is 0 Å². The number of aliphatic hydroxyl groups excluding tert-OH is 1. The molecule has 4 atom stereocenters. The van der Waals surface area contributed by atoms with E-state index in [2.05, 4.69) is 19.2 Å². The molecule has 4 unspecified atom stereocenters. The normalized spacial score (nSPS) is 38.1. The summed E-state index contributed by atoms with van der Waals surface area (Å²) in [7, 11) is 0. The molecule has 0 spiro atoms. The summed E-state index contributed by atoms with van der Waals surface area (Å²) in [4.78, 5) is 0. The summed E-state index contributed by atoms with van der Waals surface area (Å²) in [5.74, 6) is 2.29. The van der Waals surface area contributed by atoms with Crippen LogP contribution in [0.25, 0.3) is 0 Å². The molecule has 2 saturated carbocycles. The summed E-state index contributed by atoms with van der Waals surface area (Å²) >= 11 is 0. The van der Waals surface area contributed by atoms with Gasteiger partial charge in [0.2, 0.25) is 0 Å². The summed E-state index contributed by atoms with van der Waals surface area (Å²) in [5, 5.41) is 13.2. The third-order valence-electron chi connectivity index (χ3n) is 4.10. The van der Waals surface area contributed by atoms with Crippen molar-refractivity contribution in [3.8, 4) is 0 Å². The van der Waals surface area contributed by atoms with Crippen molar-refractivity contribution < 1.29 is 5.11 Å². The average Bonchev–Trinajstić information content (AvgIpc) is 2.74. The molecule has 2 aliphatic carbocycles. The SMILES string of the molecule is CC(C)C(O)CNC1CC2CCC1C2. The molecule has 0 aliphatic heterocycles. The predicted octanol–water partition coefficient (Wildman–Crippen LogP) is 1.78. The summed E-state index contributed by atoms with van der Waals surface area (Å²) in [6, 6.07) is 0.710. The van der Waals surface area contributed by atoms with E-state index in [1.165, 1.54) is 25.7 Å². The maximum atomic E-state index is 9.69. The second-order valence-electron chi connectivity index (χ2n) is 5.50. The minimum atomic E-state index is -0.172. The molecule has 2 nitrogen and oxygen atoms in total. The first-order valence-corrected chi connectivity index (χ1v) is 6.08. The fourth-order valence-electron chi connectivity index (χ4n) is 3.00. The first-order chi connectivity index (χ1) is 6.66. The van der Waals surface area contributed by atoms with Crippen LogP contribution >= 0.6 is 0 Å². The van der Waals surface area contributed by atoms with Crippen molar-refractivity contribution in [3.63, 3.8) is 0 Å². The lowest BCUT2D eigenvalue weighted by Gasteiger charge is -2.25. The highest BCUT2D eigenvalue weighted by molar-refractivity contribution is 4.94. The van der Waals surface area contributed by atoms with Crippen molar-refractivity contribution in [2.75, 3.05) is 6.54 Å². The Morgan fingerprint density at radius 1 is 1.29 bits per heavy atom. The number of nitrogens with one attached hydrogen (secondary N) is 1. The van der Waals surface area contributed by atoms with Gasteiger partial charge in [0.15, 0.2) is 0 Å². The molecule has 2 N–H and O–H groups in total. The van der Waals surface area contributed by atoms with Gasteiger partial charge >= 0.3 is 0 Å². The average molecular weight is 197 g/mol. The van der Waals surface area contributed by atoms with E-state index in [9.17, 15) is 5.11 Å². The summed E-state index contributed by atoms with van der Waals surface area (Å²) in [5.41, 5.74) is 0. The van der Waals surface area contributed by atoms with E-state index >= 15 is 0 Å². The highest BCUT2D eigenvalue weighted by atomic mass is 16.3. The Hall–Kier alpha value is -0.0800. The first-order valence-electron chi connectivity index (χ1n) is 6.08. The van der Waals surface area contributed by atoms with Gasteiger partial charge in [-0.2, -0.15) is 0 Å². The molecule has 0 radical (unpaired) electrons. The summed E-state index contributed by atoms with van der Waals surface area (Å²) in [6.07, 6.45) is 5.50. The molecule has 0 aromatic heterocycles. The van der Waals surface area contributed by atoms with Gasteiger partial charge in [-0.3, -0.25) is 0 Å². The molecule has 14 heavy (non-hydrogen) atoms. The quantitative estimate of drug-likeness (QED) is 0.720. The van der Waals surface area contributed by atoms with Gasteiger partial charge in [0, 0.05) is 12.6 Å². The molecule has 2 fully saturated rings. The van der Waals surface area contributed by atoms with Crippen LogP contribution < -0.4 is 5.32 Å². The van der Waals surface area contributed by atoms with Crippen LogP contribution in [0.4, 0.5) is 0 Å². The molecular formula is C12H23NO. The van der Waals surface area contributed by atoms with Crippen molar-refractivity contribution in [2.45, 2.75) is 51.7 Å². The molecule has 2 bridgehead atoms. The molecule has 0 aromatic carbocycles. The fraction of sp³-hybridized carbons (Fsp3) is 1.00. The van der Waals surface area contributed by atoms with E-state index in [-0.39, 0.29) is 6.10 Å². The van der Waals surface area contributed by atoms with Gasteiger partial charge in [-0.25, -0.2) is 0 Å². The summed E-state index contributed by atoms with van der Waals surface area (Å²) in [6.45, 7) is 4.94. The maximum Gasteiger partial charge on any atom is 0.0687 e. The molecule has 82 valence electrons. The van der Waals surface area contributed by atoms with Crippen LogP contribution in [0.1, 0.15) is 39.5 Å². The smallest absolute Gasteiger partial charge is 0.0687 e. The Morgan fingerprint density at radius 3 is 2.57 bits per heavy atom. The number of fused-ring (bicyclic) bond motifs is 2. The molecule has 0 amide bonds. The highest BCUT2D eigenvalue weighted by Gasteiger charge is 2.39. The lowest BCUT2D eigenvalue weighted by atomic mass is 9.95. The highest BCUT2D eigenvalue weighted by Crippen LogP contribution is 2.44. The van der Waals surface area contributed by atoms with E-state index in [1.54, 1.807) is 0 Å². The molecule has 0 heterocycles. The zero-order valence-electron chi connectivity index (χ0n) is 9.37. The van der Waals surface area contributed by atoms with E-state index in [0.717, 1.165) is 18.4 Å². The minimum Gasteiger partial charge on any atom is -0.392 e. The zero-order chi connectivity index (χ0) is 10.1. The Labute approximate surface area is 87.1 Å². The van der Waals surface area contributed by atoms with E-state index in [4.69, 9.17) is 0 Å². The van der Waals surface area contributed by atoms with Gasteiger partial charge in [0.1, 0.15) is 0 Å². The van der Waals surface area contributed by atoms with Gasteiger partial charge in [0.25, 0.3) is 0 Å². The van der Waals surface area contributed by atoms with E-state index in [0.29, 0.717) is 12.0 Å². The van der Waals surface area contributed by atoms with Crippen molar-refractivity contribution in [3.05, 3.63) is 0 Å². The molecular weight excluding hydrogens is 174 g/mol. The maximum absolute atomic E-state index is 9.69. The summed E-state index contributed by atoms with van der Waals surface area (Å²) < 4.78 is 0. The third-order valence-corrected chi connectivity index (χ3v) is 4.10. The van der Waals surface area contributed by atoms with Crippen molar-refractivity contribution >= 4 is 0 Å². The van der Waals surface area contributed by atoms with E-state index < -0.39 is 0 Å². The van der Waals surface area contributed by atoms with Crippen molar-refractivity contribution in [1.29, 1.82) is 0 Å². The second kappa shape index (κ2) is 4.19. The van der Waals surface area contributed by atoms with Gasteiger partial charge < -0.3 is 10.4 Å². The Morgan fingerprint density at radius 2 is 2.07 bits per heavy atom. The van der Waals surface area contributed by atoms with Crippen molar-refractivity contribution in [2.24, 2.45) is 17.8 Å². The third kappa shape index (κ3) is 2.12. The largest absolute Gasteiger partial charge is 0.392 e. The van der Waals surface area contributed by atoms with Crippen LogP contribution in [0, 0.1) is 17.8 Å². The van der Waals surface area contributed by atoms with E-state index in [1.807, 2.05) is 0 Å². The monoisotopic (exact) mass is 197 g/mol. The minimum absolute atomic E-state index is 0.172. The van der Waals surface area contributed by atoms with Crippen LogP contribution in [0.3, 0.4) is 0 Å². The fourth-order valence-corrected chi connectivity index (χ4v) is 3.00. The number of hydrogen-bond acceptors (Lipinski definition) is 2. The van der Waals surface area contributed by atoms with Crippen LogP contribution in [0.2, 0.25) is 0 Å². The lowest BCUT2D eigenvalue weighted by molar-refractivity contribution is 0.116. The van der Waals surface area contributed by atoms with Gasteiger partial charge in [-0.05, 0) is 37.0 Å². The van der Waals surface area contributed by atoms with Crippen LogP contribution in [0.5, 0.6) is 0 Å². The van der Waals surface area contributed by atoms with Gasteiger partial charge in [-0.15, -0.1) is 0 Å². The molecule has 2 heteroatoms. The van der Waals surface area contributed by atoms with Crippen LogP contribution in [-0.4, -0.2) is 23.8 Å². The lowest BCUT2D eigenvalue weighted by Crippen LogP contribution is -2.40. The van der Waals surface area contributed by atoms with Crippen LogP contribution in [0.15, 0.2) is 0 Å². The Balaban J connectivity index is 1.71. The number of rotatable bonds is 4.